The third-order valence-corrected chi connectivity index (χ3v) is 7.98. The van der Waals surface area contributed by atoms with Crippen molar-refractivity contribution in [3.05, 3.63) is 70.8 Å². The molecule has 6 heteroatoms. The van der Waals surface area contributed by atoms with Gasteiger partial charge in [-0.25, -0.2) is 0 Å². The molecule has 5 aliphatic rings. The van der Waals surface area contributed by atoms with Gasteiger partial charge in [0.2, 0.25) is 11.8 Å². The molecule has 1 saturated heterocycles. The van der Waals surface area contributed by atoms with Crippen LogP contribution < -0.4 is 10.2 Å². The zero-order valence-electron chi connectivity index (χ0n) is 16.9. The van der Waals surface area contributed by atoms with E-state index in [0.717, 1.165) is 12.0 Å². The van der Waals surface area contributed by atoms with Gasteiger partial charge < -0.3 is 5.32 Å². The second-order valence-electron chi connectivity index (χ2n) is 9.08. The van der Waals surface area contributed by atoms with E-state index < -0.39 is 0 Å². The van der Waals surface area contributed by atoms with Gasteiger partial charge in [-0.05, 0) is 79.0 Å². The van der Waals surface area contributed by atoms with Gasteiger partial charge in [0.05, 0.1) is 17.5 Å². The summed E-state index contributed by atoms with van der Waals surface area (Å²) in [5.74, 6) is 0.660. The molecule has 4 aliphatic carbocycles. The van der Waals surface area contributed by atoms with Gasteiger partial charge in [-0.15, -0.1) is 0 Å². The molecule has 2 aromatic rings. The summed E-state index contributed by atoms with van der Waals surface area (Å²) in [5, 5.41) is 3.45. The van der Waals surface area contributed by atoms with Crippen molar-refractivity contribution in [3.8, 4) is 0 Å². The fourth-order valence-corrected chi connectivity index (χ4v) is 6.09. The zero-order chi connectivity index (χ0) is 21.4. The van der Waals surface area contributed by atoms with Crippen LogP contribution >= 0.6 is 11.6 Å². The van der Waals surface area contributed by atoms with Gasteiger partial charge in [0, 0.05) is 16.3 Å². The van der Waals surface area contributed by atoms with Gasteiger partial charge in [-0.2, -0.15) is 0 Å². The Labute approximate surface area is 185 Å². The Morgan fingerprint density at radius 2 is 1.58 bits per heavy atom. The topological polar surface area (TPSA) is 66.5 Å². The monoisotopic (exact) mass is 432 g/mol. The SMILES string of the molecule is Cc1c(Cl)cccc1NC(=O)c1ccc(N2C(=O)[C@@H]3[C@H]4C=C[C@@H]([C@@H]5C[C@H]45)[C@@H]3C2=O)cc1. The number of imide groups is 1. The third kappa shape index (κ3) is 2.66. The zero-order valence-corrected chi connectivity index (χ0v) is 17.7. The van der Waals surface area contributed by atoms with E-state index in [0.29, 0.717) is 33.8 Å². The summed E-state index contributed by atoms with van der Waals surface area (Å²) in [6, 6.07) is 12.0. The average molecular weight is 433 g/mol. The first-order chi connectivity index (χ1) is 15.0. The van der Waals surface area contributed by atoms with Crippen molar-refractivity contribution < 1.29 is 14.4 Å². The van der Waals surface area contributed by atoms with Gasteiger partial charge in [0.1, 0.15) is 0 Å². The first-order valence-electron chi connectivity index (χ1n) is 10.7. The number of carbonyl (C=O) groups excluding carboxylic acids is 3. The van der Waals surface area contributed by atoms with Crippen molar-refractivity contribution in [2.45, 2.75) is 13.3 Å². The summed E-state index contributed by atoms with van der Waals surface area (Å²) in [6.07, 6.45) is 5.48. The fourth-order valence-electron chi connectivity index (χ4n) is 5.91. The molecule has 2 bridgehead atoms. The highest BCUT2D eigenvalue weighted by Gasteiger charge is 2.67. The summed E-state index contributed by atoms with van der Waals surface area (Å²) in [4.78, 5) is 40.4. The van der Waals surface area contributed by atoms with Crippen LogP contribution in [0.5, 0.6) is 0 Å². The highest BCUT2D eigenvalue weighted by molar-refractivity contribution is 6.31. The minimum absolute atomic E-state index is 0.0912. The summed E-state index contributed by atoms with van der Waals surface area (Å²) >= 11 is 6.13. The smallest absolute Gasteiger partial charge is 0.255 e. The first kappa shape index (κ1) is 18.8. The van der Waals surface area contributed by atoms with Crippen LogP contribution in [-0.4, -0.2) is 17.7 Å². The maximum Gasteiger partial charge on any atom is 0.255 e. The lowest BCUT2D eigenvalue weighted by Crippen LogP contribution is -2.40. The molecule has 3 fully saturated rings. The van der Waals surface area contributed by atoms with E-state index in [-0.39, 0.29) is 41.4 Å². The van der Waals surface area contributed by atoms with E-state index in [9.17, 15) is 14.4 Å². The van der Waals surface area contributed by atoms with E-state index in [1.807, 2.05) is 6.92 Å². The minimum atomic E-state index is -0.271. The van der Waals surface area contributed by atoms with Crippen LogP contribution in [0.2, 0.25) is 5.02 Å². The standard InChI is InChI=1S/C25H21ClN2O3/c1-12-19(26)3-2-4-20(12)27-23(29)13-5-7-14(8-6-13)28-24(30)21-15-9-10-16(18-11-17(15)18)22(21)25(28)31/h2-10,15-18,21-22H,11H2,1H3,(H,27,29)/t15-,16-,17-,18+,21-,22+/m0/s1. The number of anilines is 2. The van der Waals surface area contributed by atoms with E-state index in [1.54, 1.807) is 42.5 Å². The molecule has 0 spiro atoms. The Kier molecular flexibility index (Phi) is 3.97. The Bertz CT molecular complexity index is 1140. The number of hydrogen-bond acceptors (Lipinski definition) is 3. The number of hydrogen-bond donors (Lipinski definition) is 1. The molecule has 0 radical (unpaired) electrons. The van der Waals surface area contributed by atoms with Gasteiger partial charge in [-0.3, -0.25) is 19.3 Å². The van der Waals surface area contributed by atoms with Crippen molar-refractivity contribution >= 4 is 40.7 Å². The van der Waals surface area contributed by atoms with Crippen LogP contribution in [0.1, 0.15) is 22.3 Å². The molecule has 1 heterocycles. The third-order valence-electron chi connectivity index (χ3n) is 7.57. The highest BCUT2D eigenvalue weighted by atomic mass is 35.5. The second-order valence-corrected chi connectivity index (χ2v) is 9.49. The van der Waals surface area contributed by atoms with E-state index in [2.05, 4.69) is 17.5 Å². The molecular weight excluding hydrogens is 412 g/mol. The predicted molar refractivity (Wildman–Crippen MR) is 118 cm³/mol. The molecule has 1 aliphatic heterocycles. The first-order valence-corrected chi connectivity index (χ1v) is 11.1. The number of amides is 3. The van der Waals surface area contributed by atoms with Crippen LogP contribution in [0.25, 0.3) is 0 Å². The molecule has 31 heavy (non-hydrogen) atoms. The lowest BCUT2D eigenvalue weighted by Gasteiger charge is -2.37. The summed E-state index contributed by atoms with van der Waals surface area (Å²) in [6.45, 7) is 1.84. The molecule has 3 amide bonds. The maximum atomic E-state index is 13.2. The van der Waals surface area contributed by atoms with Crippen molar-refractivity contribution in [1.82, 2.24) is 0 Å². The lowest BCUT2D eigenvalue weighted by molar-refractivity contribution is -0.124. The number of benzene rings is 2. The van der Waals surface area contributed by atoms with Crippen molar-refractivity contribution in [3.63, 3.8) is 0 Å². The second kappa shape index (κ2) is 6.54. The number of carbonyl (C=O) groups is 3. The summed E-state index contributed by atoms with van der Waals surface area (Å²) < 4.78 is 0. The van der Waals surface area contributed by atoms with Crippen molar-refractivity contribution in [1.29, 1.82) is 0 Å². The van der Waals surface area contributed by atoms with Gasteiger partial charge >= 0.3 is 0 Å². The maximum absolute atomic E-state index is 13.2. The van der Waals surface area contributed by atoms with Crippen molar-refractivity contribution in [2.24, 2.45) is 35.5 Å². The molecule has 0 aromatic heterocycles. The number of halogens is 1. The molecule has 5 nitrogen and oxygen atoms in total. The Hall–Kier alpha value is -2.92. The average Bonchev–Trinajstić information content (AvgIpc) is 3.55. The summed E-state index contributed by atoms with van der Waals surface area (Å²) in [5.41, 5.74) is 2.43. The molecule has 0 unspecified atom stereocenters. The van der Waals surface area contributed by atoms with Crippen LogP contribution in [0.15, 0.2) is 54.6 Å². The normalized spacial score (nSPS) is 32.1. The van der Waals surface area contributed by atoms with Gasteiger partial charge in [-0.1, -0.05) is 29.8 Å². The molecule has 156 valence electrons. The minimum Gasteiger partial charge on any atom is -0.322 e. The van der Waals surface area contributed by atoms with Crippen molar-refractivity contribution in [2.75, 3.05) is 10.2 Å². The summed E-state index contributed by atoms with van der Waals surface area (Å²) in [7, 11) is 0. The quantitative estimate of drug-likeness (QED) is 0.575. The van der Waals surface area contributed by atoms with Gasteiger partial charge in [0.25, 0.3) is 5.91 Å². The molecule has 2 saturated carbocycles. The van der Waals surface area contributed by atoms with Gasteiger partial charge in [0.15, 0.2) is 0 Å². The Morgan fingerprint density at radius 1 is 0.968 bits per heavy atom. The van der Waals surface area contributed by atoms with E-state index >= 15 is 0 Å². The Morgan fingerprint density at radius 3 is 2.19 bits per heavy atom. The number of rotatable bonds is 3. The molecule has 7 rings (SSSR count). The largest absolute Gasteiger partial charge is 0.322 e. The Balaban J connectivity index is 1.24. The molecule has 2 aromatic carbocycles. The lowest BCUT2D eigenvalue weighted by atomic mass is 9.63. The molecule has 6 atom stereocenters. The fraction of sp³-hybridized carbons (Fsp3) is 0.320. The molecular formula is C25H21ClN2O3. The number of nitrogens with zero attached hydrogens (tertiary/aromatic N) is 1. The van der Waals surface area contributed by atoms with Crippen LogP contribution in [0.4, 0.5) is 11.4 Å². The number of nitrogens with one attached hydrogen (secondary N) is 1. The highest BCUT2D eigenvalue weighted by Crippen LogP contribution is 2.65. The van der Waals surface area contributed by atoms with E-state index in [1.165, 1.54) is 4.90 Å². The number of allylic oxidation sites excluding steroid dienone is 2. The van der Waals surface area contributed by atoms with Crippen LogP contribution in [-0.2, 0) is 9.59 Å². The predicted octanol–water partition coefficient (Wildman–Crippen LogP) is 4.46. The van der Waals surface area contributed by atoms with Crippen LogP contribution in [0, 0.1) is 42.4 Å². The van der Waals surface area contributed by atoms with Crippen LogP contribution in [0.3, 0.4) is 0 Å². The van der Waals surface area contributed by atoms with E-state index in [4.69, 9.17) is 11.6 Å². The molecule has 1 N–H and O–H groups in total.